The highest BCUT2D eigenvalue weighted by Crippen LogP contribution is 2.25. The van der Waals surface area contributed by atoms with Gasteiger partial charge in [0, 0.05) is 60.9 Å². The van der Waals surface area contributed by atoms with Crippen molar-refractivity contribution in [1.82, 2.24) is 19.7 Å². The summed E-state index contributed by atoms with van der Waals surface area (Å²) in [6.45, 7) is 4.58. The van der Waals surface area contributed by atoms with Crippen LogP contribution in [0.3, 0.4) is 0 Å². The lowest BCUT2D eigenvalue weighted by Crippen LogP contribution is -2.50. The van der Waals surface area contributed by atoms with Crippen LogP contribution in [0.2, 0.25) is 5.02 Å². The number of hydrogen-bond acceptors (Lipinski definition) is 5. The lowest BCUT2D eigenvalue weighted by molar-refractivity contribution is -0.132. The lowest BCUT2D eigenvalue weighted by atomic mass is 10.1. The van der Waals surface area contributed by atoms with E-state index in [0.717, 1.165) is 16.8 Å². The topological polar surface area (TPSA) is 71.3 Å². The molecule has 1 fully saturated rings. The SMILES string of the molecule is Cc1ccc(Cl)cc1N1CCN(C(=O)Cn2nc(-c3ccncc3)ccc2=O)CC1. The molecule has 0 saturated carbocycles. The molecule has 1 aromatic carbocycles. The van der Waals surface area contributed by atoms with E-state index in [9.17, 15) is 9.59 Å². The van der Waals surface area contributed by atoms with Gasteiger partial charge in [-0.3, -0.25) is 14.6 Å². The van der Waals surface area contributed by atoms with Crippen molar-refractivity contribution in [1.29, 1.82) is 0 Å². The van der Waals surface area contributed by atoms with Crippen molar-refractivity contribution < 1.29 is 4.79 Å². The molecular formula is C22H22ClN5O2. The van der Waals surface area contributed by atoms with Crippen LogP contribution in [0.4, 0.5) is 5.69 Å². The monoisotopic (exact) mass is 423 g/mol. The molecular weight excluding hydrogens is 402 g/mol. The molecule has 30 heavy (non-hydrogen) atoms. The number of halogens is 1. The molecule has 8 heteroatoms. The number of aromatic nitrogens is 3. The van der Waals surface area contributed by atoms with Crippen LogP contribution in [0.1, 0.15) is 5.56 Å². The van der Waals surface area contributed by atoms with Crippen LogP contribution in [0.25, 0.3) is 11.3 Å². The average molecular weight is 424 g/mol. The second-order valence-corrected chi connectivity index (χ2v) is 7.69. The second kappa shape index (κ2) is 8.67. The quantitative estimate of drug-likeness (QED) is 0.645. The Kier molecular flexibility index (Phi) is 5.81. The summed E-state index contributed by atoms with van der Waals surface area (Å²) < 4.78 is 1.23. The molecule has 1 saturated heterocycles. The fraction of sp³-hybridized carbons (Fsp3) is 0.273. The van der Waals surface area contributed by atoms with Crippen molar-refractivity contribution in [2.75, 3.05) is 31.1 Å². The highest BCUT2D eigenvalue weighted by Gasteiger charge is 2.23. The number of pyridine rings is 1. The molecule has 1 aliphatic rings. The Labute approximate surface area is 179 Å². The lowest BCUT2D eigenvalue weighted by Gasteiger charge is -2.37. The molecule has 3 aromatic rings. The largest absolute Gasteiger partial charge is 0.368 e. The number of benzene rings is 1. The number of rotatable bonds is 4. The van der Waals surface area contributed by atoms with Crippen molar-refractivity contribution in [3.05, 3.63) is 75.8 Å². The highest BCUT2D eigenvalue weighted by atomic mass is 35.5. The number of nitrogens with zero attached hydrogens (tertiary/aromatic N) is 5. The first kappa shape index (κ1) is 20.1. The third-order valence-electron chi connectivity index (χ3n) is 5.27. The molecule has 2 aromatic heterocycles. The minimum Gasteiger partial charge on any atom is -0.368 e. The molecule has 1 amide bonds. The van der Waals surface area contributed by atoms with Gasteiger partial charge in [-0.25, -0.2) is 4.68 Å². The second-order valence-electron chi connectivity index (χ2n) is 7.25. The van der Waals surface area contributed by atoms with E-state index in [1.54, 1.807) is 23.4 Å². The van der Waals surface area contributed by atoms with Crippen LogP contribution in [-0.2, 0) is 11.3 Å². The number of carbonyl (C=O) groups is 1. The molecule has 0 N–H and O–H groups in total. The molecule has 1 aliphatic heterocycles. The first-order valence-corrected chi connectivity index (χ1v) is 10.2. The van der Waals surface area contributed by atoms with Crippen LogP contribution < -0.4 is 10.5 Å². The van der Waals surface area contributed by atoms with Crippen molar-refractivity contribution in [3.63, 3.8) is 0 Å². The summed E-state index contributed by atoms with van der Waals surface area (Å²) in [4.78, 5) is 33.0. The van der Waals surface area contributed by atoms with Crippen LogP contribution >= 0.6 is 11.6 Å². The van der Waals surface area contributed by atoms with Gasteiger partial charge in [0.15, 0.2) is 0 Å². The summed E-state index contributed by atoms with van der Waals surface area (Å²) >= 11 is 6.14. The first-order valence-electron chi connectivity index (χ1n) is 9.79. The molecule has 154 valence electrons. The summed E-state index contributed by atoms with van der Waals surface area (Å²) in [5.74, 6) is -0.112. The maximum absolute atomic E-state index is 12.8. The molecule has 0 atom stereocenters. The molecule has 0 aliphatic carbocycles. The third-order valence-corrected chi connectivity index (χ3v) is 5.51. The number of piperazine rings is 1. The Bertz CT molecular complexity index is 1110. The summed E-state index contributed by atoms with van der Waals surface area (Å²) in [6.07, 6.45) is 3.33. The maximum Gasteiger partial charge on any atom is 0.267 e. The number of amides is 1. The molecule has 0 unspecified atom stereocenters. The van der Waals surface area contributed by atoms with Gasteiger partial charge in [-0.2, -0.15) is 5.10 Å². The van der Waals surface area contributed by atoms with Gasteiger partial charge in [-0.05, 0) is 42.8 Å². The van der Waals surface area contributed by atoms with E-state index in [2.05, 4.69) is 21.9 Å². The number of carbonyl (C=O) groups excluding carboxylic acids is 1. The number of hydrogen-bond donors (Lipinski definition) is 0. The van der Waals surface area contributed by atoms with E-state index in [0.29, 0.717) is 36.9 Å². The predicted molar refractivity (Wildman–Crippen MR) is 117 cm³/mol. The normalized spacial score (nSPS) is 14.1. The van der Waals surface area contributed by atoms with Gasteiger partial charge in [0.25, 0.3) is 5.56 Å². The van der Waals surface area contributed by atoms with Crippen molar-refractivity contribution in [2.24, 2.45) is 0 Å². The molecule has 4 rings (SSSR count). The molecule has 0 spiro atoms. The fourth-order valence-corrected chi connectivity index (χ4v) is 3.75. The minimum absolute atomic E-state index is 0.0754. The van der Waals surface area contributed by atoms with Crippen molar-refractivity contribution in [2.45, 2.75) is 13.5 Å². The Morgan fingerprint density at radius 1 is 1.03 bits per heavy atom. The standard InChI is InChI=1S/C22H22ClN5O2/c1-16-2-3-18(23)14-20(16)26-10-12-27(13-11-26)22(30)15-28-21(29)5-4-19(25-28)17-6-8-24-9-7-17/h2-9,14H,10-13,15H2,1H3. The zero-order chi connectivity index (χ0) is 21.1. The predicted octanol–water partition coefficient (Wildman–Crippen LogP) is 2.62. The van der Waals surface area contributed by atoms with E-state index < -0.39 is 0 Å². The van der Waals surface area contributed by atoms with E-state index in [-0.39, 0.29) is 18.0 Å². The van der Waals surface area contributed by atoms with Crippen LogP contribution in [0, 0.1) is 6.92 Å². The van der Waals surface area contributed by atoms with Gasteiger partial charge in [-0.15, -0.1) is 0 Å². The van der Waals surface area contributed by atoms with E-state index in [1.165, 1.54) is 10.7 Å². The maximum atomic E-state index is 12.8. The molecule has 0 radical (unpaired) electrons. The van der Waals surface area contributed by atoms with Gasteiger partial charge in [0.2, 0.25) is 5.91 Å². The zero-order valence-corrected chi connectivity index (χ0v) is 17.4. The van der Waals surface area contributed by atoms with Gasteiger partial charge >= 0.3 is 0 Å². The first-order chi connectivity index (χ1) is 14.5. The average Bonchev–Trinajstić information content (AvgIpc) is 2.77. The summed E-state index contributed by atoms with van der Waals surface area (Å²) in [6, 6.07) is 12.6. The van der Waals surface area contributed by atoms with Crippen molar-refractivity contribution in [3.8, 4) is 11.3 Å². The van der Waals surface area contributed by atoms with E-state index >= 15 is 0 Å². The van der Waals surface area contributed by atoms with Gasteiger partial charge < -0.3 is 9.80 Å². The minimum atomic E-state index is -0.297. The van der Waals surface area contributed by atoms with E-state index in [1.807, 2.05) is 30.3 Å². The van der Waals surface area contributed by atoms with Gasteiger partial charge in [0.05, 0.1) is 5.69 Å². The number of anilines is 1. The smallest absolute Gasteiger partial charge is 0.267 e. The van der Waals surface area contributed by atoms with Crippen LogP contribution in [0.15, 0.2) is 59.7 Å². The van der Waals surface area contributed by atoms with Gasteiger partial charge in [0.1, 0.15) is 6.54 Å². The Morgan fingerprint density at radius 3 is 2.50 bits per heavy atom. The summed E-state index contributed by atoms with van der Waals surface area (Å²) in [7, 11) is 0. The number of aryl methyl sites for hydroxylation is 1. The molecule has 0 bridgehead atoms. The Hall–Kier alpha value is -3.19. The Morgan fingerprint density at radius 2 is 1.77 bits per heavy atom. The summed E-state index contributed by atoms with van der Waals surface area (Å²) in [5.41, 5.74) is 3.43. The summed E-state index contributed by atoms with van der Waals surface area (Å²) in [5, 5.41) is 5.07. The van der Waals surface area contributed by atoms with E-state index in [4.69, 9.17) is 11.6 Å². The molecule has 3 heterocycles. The zero-order valence-electron chi connectivity index (χ0n) is 16.7. The third kappa shape index (κ3) is 4.36. The highest BCUT2D eigenvalue weighted by molar-refractivity contribution is 6.30. The van der Waals surface area contributed by atoms with Gasteiger partial charge in [-0.1, -0.05) is 17.7 Å². The van der Waals surface area contributed by atoms with Crippen molar-refractivity contribution >= 4 is 23.2 Å². The van der Waals surface area contributed by atoms with Crippen LogP contribution in [0.5, 0.6) is 0 Å². The fourth-order valence-electron chi connectivity index (χ4n) is 3.59. The molecule has 7 nitrogen and oxygen atoms in total. The Balaban J connectivity index is 1.43. The van der Waals surface area contributed by atoms with Crippen LogP contribution in [-0.4, -0.2) is 51.8 Å².